The molecule has 2 aliphatic heterocycles. The molecule has 1 spiro atoms. The Morgan fingerprint density at radius 1 is 0.941 bits per heavy atom. The van der Waals surface area contributed by atoms with Crippen LogP contribution in [0, 0.1) is 0 Å². The van der Waals surface area contributed by atoms with Crippen LogP contribution < -0.4 is 14.9 Å². The average Bonchev–Trinajstić information content (AvgIpc) is 3.62. The van der Waals surface area contributed by atoms with Crippen molar-refractivity contribution < 1.29 is 37.1 Å². The lowest BCUT2D eigenvalue weighted by Gasteiger charge is -2.41. The fourth-order valence-corrected chi connectivity index (χ4v) is 8.58. The number of piperidine rings is 1. The van der Waals surface area contributed by atoms with Gasteiger partial charge in [0.15, 0.2) is 4.75 Å². The lowest BCUT2D eigenvalue weighted by molar-refractivity contribution is -0.142. The summed E-state index contributed by atoms with van der Waals surface area (Å²) in [5.41, 5.74) is 0.323. The van der Waals surface area contributed by atoms with Gasteiger partial charge in [-0.2, -0.15) is 0 Å². The molecule has 0 unspecified atom stereocenters. The Labute approximate surface area is 299 Å². The highest BCUT2D eigenvalue weighted by atomic mass is 32.2. The number of para-hydroxylation sites is 2. The number of nitrogens with one attached hydrogen (secondary N) is 3. The highest BCUT2D eigenvalue weighted by Gasteiger charge is 2.54. The maximum absolute atomic E-state index is 14.4. The second-order valence-electron chi connectivity index (χ2n) is 15.5. The van der Waals surface area contributed by atoms with Crippen LogP contribution in [0.25, 0.3) is 10.9 Å². The Morgan fingerprint density at radius 3 is 2.22 bits per heavy atom. The fourth-order valence-electron chi connectivity index (χ4n) is 6.90. The first-order valence-electron chi connectivity index (χ1n) is 17.1. The van der Waals surface area contributed by atoms with Gasteiger partial charge >= 0.3 is 12.1 Å². The van der Waals surface area contributed by atoms with Crippen LogP contribution in [0.1, 0.15) is 72.4 Å². The molecular weight excluding hydrogens is 675 g/mol. The number of hydrogen-bond acceptors (Lipinski definition) is 8. The molecule has 0 aliphatic carbocycles. The zero-order valence-electron chi connectivity index (χ0n) is 30.6. The first kappa shape index (κ1) is 37.7. The summed E-state index contributed by atoms with van der Waals surface area (Å²) in [7, 11) is -3.02. The molecule has 1 atom stereocenters. The molecule has 1 aromatic heterocycles. The number of benzene rings is 2. The van der Waals surface area contributed by atoms with E-state index in [1.54, 1.807) is 51.7 Å². The summed E-state index contributed by atoms with van der Waals surface area (Å²) in [5, 5.41) is 6.46. The number of aromatic nitrogens is 1. The number of likely N-dealkylation sites (tertiary alicyclic amines) is 1. The number of anilines is 1. The van der Waals surface area contributed by atoms with E-state index in [0.717, 1.165) is 22.0 Å². The quantitative estimate of drug-likeness (QED) is 0.277. The summed E-state index contributed by atoms with van der Waals surface area (Å²) in [6, 6.07) is 14.0. The highest BCUT2D eigenvalue weighted by Crippen LogP contribution is 2.49. The number of methoxy groups -OCH3 is 1. The fraction of sp³-hybridized carbons (Fsp3) is 0.514. The van der Waals surface area contributed by atoms with E-state index in [9.17, 15) is 27.6 Å². The molecule has 0 radical (unpaired) electrons. The molecule has 2 aromatic carbocycles. The van der Waals surface area contributed by atoms with Crippen LogP contribution in [0.15, 0.2) is 54.7 Å². The van der Waals surface area contributed by atoms with Crippen molar-refractivity contribution in [3.05, 3.63) is 65.9 Å². The standard InChI is InChI=1S/C37H49N5O8S/c1-34(2,3)50-33(46)40-35(4,5)31(44)39-28(21-24-22-38-27-15-11-9-13-25(24)27)30(43)41-19-17-37(18-20-41)23-42(29-16-12-10-14-26(29)37)51(47,48)36(6,7)32(45)49-8/h9-16,22,28,38H,17-21,23H2,1-8H3,(H,39,44)(H,40,46)/t28-/m1/s1. The topological polar surface area (TPSA) is 167 Å². The van der Waals surface area contributed by atoms with E-state index in [2.05, 4.69) is 15.6 Å². The molecule has 3 amide bonds. The SMILES string of the molecule is COC(=O)C(C)(C)S(=O)(=O)N1CC2(CCN(C(=O)[C@@H](Cc3c[nH]c4ccccc34)NC(=O)C(C)(C)NC(=O)OC(C)(C)C)CC2)c2ccccc21. The van der Waals surface area contributed by atoms with Crippen molar-refractivity contribution in [1.29, 1.82) is 0 Å². The van der Waals surface area contributed by atoms with E-state index in [1.165, 1.54) is 25.3 Å². The lowest BCUT2D eigenvalue weighted by Crippen LogP contribution is -2.61. The minimum absolute atomic E-state index is 0.122. The molecule has 3 heterocycles. The van der Waals surface area contributed by atoms with E-state index >= 15 is 0 Å². The number of carbonyl (C=O) groups is 4. The molecule has 13 nitrogen and oxygen atoms in total. The maximum Gasteiger partial charge on any atom is 0.408 e. The summed E-state index contributed by atoms with van der Waals surface area (Å²) in [6.45, 7) is 11.7. The number of fused-ring (bicyclic) bond motifs is 3. The zero-order chi connectivity index (χ0) is 37.6. The van der Waals surface area contributed by atoms with Crippen LogP contribution in [0.2, 0.25) is 0 Å². The van der Waals surface area contributed by atoms with Gasteiger partial charge in [0.05, 0.1) is 12.8 Å². The molecule has 1 saturated heterocycles. The van der Waals surface area contributed by atoms with Crippen LogP contribution in [0.3, 0.4) is 0 Å². The van der Waals surface area contributed by atoms with Crippen LogP contribution in [-0.4, -0.2) is 90.9 Å². The van der Waals surface area contributed by atoms with Crippen molar-refractivity contribution in [1.82, 2.24) is 20.5 Å². The van der Waals surface area contributed by atoms with Crippen molar-refractivity contribution in [2.75, 3.05) is 31.0 Å². The third-order valence-corrected chi connectivity index (χ3v) is 12.3. The first-order valence-corrected chi connectivity index (χ1v) is 18.5. The second kappa shape index (κ2) is 13.5. The molecule has 0 bridgehead atoms. The van der Waals surface area contributed by atoms with Crippen molar-refractivity contribution in [2.24, 2.45) is 0 Å². The number of ether oxygens (including phenoxy) is 2. The molecular formula is C37H49N5O8S. The molecule has 3 N–H and O–H groups in total. The summed E-state index contributed by atoms with van der Waals surface area (Å²) in [5.74, 6) is -1.70. The average molecular weight is 724 g/mol. The third kappa shape index (κ3) is 7.28. The van der Waals surface area contributed by atoms with E-state index in [1.807, 2.05) is 42.6 Å². The molecule has 5 rings (SSSR count). The van der Waals surface area contributed by atoms with Gasteiger partial charge in [-0.15, -0.1) is 0 Å². The van der Waals surface area contributed by atoms with E-state index in [-0.39, 0.29) is 18.9 Å². The van der Waals surface area contributed by atoms with Gasteiger partial charge in [0.25, 0.3) is 10.0 Å². The predicted octanol–water partition coefficient (Wildman–Crippen LogP) is 4.16. The van der Waals surface area contributed by atoms with Crippen molar-refractivity contribution in [3.8, 4) is 0 Å². The molecule has 0 saturated carbocycles. The second-order valence-corrected chi connectivity index (χ2v) is 17.9. The molecule has 14 heteroatoms. The number of H-pyrrole nitrogens is 1. The van der Waals surface area contributed by atoms with Crippen LogP contribution >= 0.6 is 0 Å². The Morgan fingerprint density at radius 2 is 1.57 bits per heavy atom. The normalized spacial score (nSPS) is 16.8. The van der Waals surface area contributed by atoms with E-state index < -0.39 is 55.3 Å². The van der Waals surface area contributed by atoms with Gasteiger partial charge in [-0.1, -0.05) is 36.4 Å². The molecule has 51 heavy (non-hydrogen) atoms. The van der Waals surface area contributed by atoms with Gasteiger partial charge in [-0.25, -0.2) is 13.2 Å². The third-order valence-electron chi connectivity index (χ3n) is 9.92. The number of carbonyl (C=O) groups excluding carboxylic acids is 4. The molecule has 1 fully saturated rings. The van der Waals surface area contributed by atoms with Gasteiger partial charge in [0.2, 0.25) is 11.8 Å². The number of rotatable bonds is 9. The number of amides is 3. The van der Waals surface area contributed by atoms with Crippen LogP contribution in [0.5, 0.6) is 0 Å². The highest BCUT2D eigenvalue weighted by molar-refractivity contribution is 7.94. The van der Waals surface area contributed by atoms with Crippen molar-refractivity contribution in [3.63, 3.8) is 0 Å². The number of esters is 1. The van der Waals surface area contributed by atoms with E-state index in [4.69, 9.17) is 9.47 Å². The minimum Gasteiger partial charge on any atom is -0.468 e. The van der Waals surface area contributed by atoms with Gasteiger partial charge in [-0.3, -0.25) is 18.7 Å². The Kier molecular flexibility index (Phi) is 9.98. The Balaban J connectivity index is 1.38. The Bertz CT molecular complexity index is 1940. The molecule has 2 aliphatic rings. The first-order chi connectivity index (χ1) is 23.7. The van der Waals surface area contributed by atoms with Gasteiger partial charge in [0, 0.05) is 48.6 Å². The summed E-state index contributed by atoms with van der Waals surface area (Å²) >= 11 is 0. The van der Waals surface area contributed by atoms with E-state index in [0.29, 0.717) is 31.6 Å². The maximum atomic E-state index is 14.4. The van der Waals surface area contributed by atoms with Crippen LogP contribution in [-0.2, 0) is 45.7 Å². The van der Waals surface area contributed by atoms with Gasteiger partial charge in [-0.05, 0) is 84.6 Å². The summed E-state index contributed by atoms with van der Waals surface area (Å²) < 4.78 is 37.6. The smallest absolute Gasteiger partial charge is 0.408 e. The molecule has 3 aromatic rings. The number of sulfonamides is 1. The predicted molar refractivity (Wildman–Crippen MR) is 194 cm³/mol. The number of alkyl carbamates (subject to hydrolysis) is 1. The van der Waals surface area contributed by atoms with Crippen LogP contribution in [0.4, 0.5) is 10.5 Å². The van der Waals surface area contributed by atoms with Crippen molar-refractivity contribution >= 4 is 50.5 Å². The zero-order valence-corrected chi connectivity index (χ0v) is 31.4. The number of aromatic amines is 1. The molecule has 276 valence electrons. The lowest BCUT2D eigenvalue weighted by atomic mass is 9.74. The summed E-state index contributed by atoms with van der Waals surface area (Å²) in [6.07, 6.45) is 2.18. The largest absolute Gasteiger partial charge is 0.468 e. The van der Waals surface area contributed by atoms with Gasteiger partial charge < -0.3 is 30.0 Å². The van der Waals surface area contributed by atoms with Crippen molar-refractivity contribution in [2.45, 2.75) is 95.1 Å². The number of hydrogen-bond donors (Lipinski definition) is 3. The monoisotopic (exact) mass is 723 g/mol. The minimum atomic E-state index is -4.19. The number of nitrogens with zero attached hydrogens (tertiary/aromatic N) is 2. The summed E-state index contributed by atoms with van der Waals surface area (Å²) in [4.78, 5) is 58.2. The van der Waals surface area contributed by atoms with Gasteiger partial charge in [0.1, 0.15) is 17.2 Å². The Hall–Kier alpha value is -4.59.